The number of H-pyrrole nitrogens is 1. The summed E-state index contributed by atoms with van der Waals surface area (Å²) < 4.78 is 52.1. The molecule has 0 aromatic carbocycles. The molecule has 2 aromatic heterocycles. The summed E-state index contributed by atoms with van der Waals surface area (Å²) in [6.07, 6.45) is 0. The number of rotatable bonds is 2. The van der Waals surface area contributed by atoms with Crippen LogP contribution in [0.2, 0.25) is 0 Å². The van der Waals surface area contributed by atoms with Gasteiger partial charge in [0.15, 0.2) is 5.65 Å². The minimum Gasteiger partial charge on any atom is -0.280 e. The summed E-state index contributed by atoms with van der Waals surface area (Å²) in [5.74, 6) is -1.28. The first-order valence-corrected chi connectivity index (χ1v) is 5.23. The van der Waals surface area contributed by atoms with Crippen LogP contribution in [0.15, 0.2) is 0 Å². The van der Waals surface area contributed by atoms with Crippen LogP contribution >= 0.6 is 23.2 Å². The zero-order chi connectivity index (χ0) is 13.7. The normalized spacial score (nSPS) is 13.3. The number of hydrogen-bond acceptors (Lipinski definition) is 3. The van der Waals surface area contributed by atoms with Crippen LogP contribution in [0, 0.1) is 6.92 Å². The van der Waals surface area contributed by atoms with Crippen LogP contribution in [0.4, 0.5) is 17.6 Å². The van der Waals surface area contributed by atoms with Crippen molar-refractivity contribution in [2.45, 2.75) is 17.7 Å². The maximum absolute atomic E-state index is 13.2. The molecule has 10 heteroatoms. The zero-order valence-corrected chi connectivity index (χ0v) is 10.1. The Labute approximate surface area is 107 Å². The highest BCUT2D eigenvalue weighted by atomic mass is 35.5. The van der Waals surface area contributed by atoms with Gasteiger partial charge >= 0.3 is 10.8 Å². The summed E-state index contributed by atoms with van der Waals surface area (Å²) in [4.78, 5) is 6.36. The molecule has 0 saturated carbocycles. The summed E-state index contributed by atoms with van der Waals surface area (Å²) in [7, 11) is 0. The molecule has 0 aliphatic heterocycles. The van der Waals surface area contributed by atoms with Crippen molar-refractivity contribution in [3.05, 3.63) is 17.2 Å². The van der Waals surface area contributed by atoms with Crippen LogP contribution in [-0.2, 0) is 10.8 Å². The molecule has 0 bridgehead atoms. The summed E-state index contributed by atoms with van der Waals surface area (Å²) >= 11 is 9.54. The Morgan fingerprint density at radius 3 is 2.17 bits per heavy atom. The van der Waals surface area contributed by atoms with Crippen LogP contribution in [0.5, 0.6) is 0 Å². The van der Waals surface area contributed by atoms with Crippen LogP contribution in [-0.4, -0.2) is 20.2 Å². The van der Waals surface area contributed by atoms with E-state index in [1.165, 1.54) is 6.92 Å². The lowest BCUT2D eigenvalue weighted by Crippen LogP contribution is -2.16. The number of halogens is 6. The summed E-state index contributed by atoms with van der Waals surface area (Å²) in [5.41, 5.74) is -1.23. The van der Waals surface area contributed by atoms with E-state index in [1.54, 1.807) is 0 Å². The topological polar surface area (TPSA) is 54.5 Å². The van der Waals surface area contributed by atoms with Gasteiger partial charge in [-0.2, -0.15) is 22.7 Å². The van der Waals surface area contributed by atoms with E-state index in [1.807, 2.05) is 0 Å². The highest BCUT2D eigenvalue weighted by molar-refractivity contribution is 6.23. The van der Waals surface area contributed by atoms with Crippen molar-refractivity contribution in [2.24, 2.45) is 0 Å². The molecule has 4 nitrogen and oxygen atoms in total. The molecule has 2 rings (SSSR count). The molecular formula is C8H4Cl2F4N4. The molecule has 0 fully saturated rings. The fraction of sp³-hybridized carbons (Fsp3) is 0.375. The smallest absolute Gasteiger partial charge is 0.280 e. The molecule has 0 unspecified atom stereocenters. The van der Waals surface area contributed by atoms with Crippen molar-refractivity contribution in [1.82, 2.24) is 20.2 Å². The molecule has 2 heterocycles. The highest BCUT2D eigenvalue weighted by Crippen LogP contribution is 2.38. The molecule has 0 aliphatic rings. The summed E-state index contributed by atoms with van der Waals surface area (Å²) in [6, 6.07) is 0. The van der Waals surface area contributed by atoms with E-state index < -0.39 is 22.3 Å². The fourth-order valence-electron chi connectivity index (χ4n) is 1.40. The molecule has 0 saturated heterocycles. The van der Waals surface area contributed by atoms with Crippen molar-refractivity contribution in [3.8, 4) is 0 Å². The minimum absolute atomic E-state index is 0.185. The van der Waals surface area contributed by atoms with Crippen LogP contribution in [0.25, 0.3) is 11.0 Å². The molecule has 0 spiro atoms. The van der Waals surface area contributed by atoms with E-state index in [2.05, 4.69) is 20.2 Å². The fourth-order valence-corrected chi connectivity index (χ4v) is 1.62. The SMILES string of the molecule is Cc1[nH]nc2nc(C(F)(F)Cl)nc(C(F)(F)Cl)c12. The van der Waals surface area contributed by atoms with E-state index in [-0.39, 0.29) is 16.7 Å². The third-order valence-electron chi connectivity index (χ3n) is 2.12. The maximum atomic E-state index is 13.2. The Balaban J connectivity index is 2.83. The average molecular weight is 303 g/mol. The van der Waals surface area contributed by atoms with E-state index in [4.69, 9.17) is 23.2 Å². The first kappa shape index (κ1) is 13.3. The monoisotopic (exact) mass is 302 g/mol. The van der Waals surface area contributed by atoms with Gasteiger partial charge in [0.05, 0.1) is 5.39 Å². The highest BCUT2D eigenvalue weighted by Gasteiger charge is 2.39. The lowest BCUT2D eigenvalue weighted by Gasteiger charge is -2.12. The largest absolute Gasteiger partial charge is 0.381 e. The van der Waals surface area contributed by atoms with E-state index in [9.17, 15) is 17.6 Å². The van der Waals surface area contributed by atoms with Gasteiger partial charge in [0.2, 0.25) is 5.82 Å². The number of aryl methyl sites for hydroxylation is 1. The molecule has 0 amide bonds. The Morgan fingerprint density at radius 2 is 1.67 bits per heavy atom. The first-order chi connectivity index (χ1) is 8.10. The predicted octanol–water partition coefficient (Wildman–Crippen LogP) is 3.24. The quantitative estimate of drug-likeness (QED) is 0.684. The van der Waals surface area contributed by atoms with E-state index in [0.29, 0.717) is 0 Å². The van der Waals surface area contributed by atoms with Crippen LogP contribution < -0.4 is 0 Å². The Morgan fingerprint density at radius 1 is 1.06 bits per heavy atom. The molecule has 0 atom stereocenters. The van der Waals surface area contributed by atoms with E-state index in [0.717, 1.165) is 0 Å². The summed E-state index contributed by atoms with van der Waals surface area (Å²) in [5, 5.41) is -2.29. The van der Waals surface area contributed by atoms with Crippen molar-refractivity contribution in [1.29, 1.82) is 0 Å². The average Bonchev–Trinajstić information content (AvgIpc) is 2.56. The van der Waals surface area contributed by atoms with Crippen molar-refractivity contribution in [2.75, 3.05) is 0 Å². The molecule has 2 aromatic rings. The number of nitrogens with one attached hydrogen (secondary N) is 1. The van der Waals surface area contributed by atoms with Gasteiger partial charge in [0.25, 0.3) is 0 Å². The number of nitrogens with zero attached hydrogens (tertiary/aromatic N) is 3. The Hall–Kier alpha value is -1.15. The number of fused-ring (bicyclic) bond motifs is 1. The minimum atomic E-state index is -3.99. The van der Waals surface area contributed by atoms with Gasteiger partial charge in [-0.3, -0.25) is 5.10 Å². The Kier molecular flexibility index (Phi) is 2.90. The number of aromatic amines is 1. The van der Waals surface area contributed by atoms with Crippen molar-refractivity contribution >= 4 is 34.2 Å². The molecule has 0 radical (unpaired) electrons. The number of aromatic nitrogens is 4. The number of hydrogen-bond donors (Lipinski definition) is 1. The van der Waals surface area contributed by atoms with Crippen molar-refractivity contribution in [3.63, 3.8) is 0 Å². The second kappa shape index (κ2) is 3.92. The van der Waals surface area contributed by atoms with Crippen LogP contribution in [0.3, 0.4) is 0 Å². The number of alkyl halides is 6. The molecule has 18 heavy (non-hydrogen) atoms. The van der Waals surface area contributed by atoms with Gasteiger partial charge in [-0.15, -0.1) is 0 Å². The lowest BCUT2D eigenvalue weighted by molar-refractivity contribution is 0.0753. The zero-order valence-electron chi connectivity index (χ0n) is 8.61. The second-order valence-corrected chi connectivity index (χ2v) is 4.39. The van der Waals surface area contributed by atoms with Crippen LogP contribution in [0.1, 0.15) is 17.2 Å². The first-order valence-electron chi connectivity index (χ1n) is 4.48. The molecule has 98 valence electrons. The predicted molar refractivity (Wildman–Crippen MR) is 55.9 cm³/mol. The molecular weight excluding hydrogens is 299 g/mol. The molecule has 0 aliphatic carbocycles. The standard InChI is InChI=1S/C8H4Cl2F4N4/c1-2-3-4(7(9,11)12)15-6(8(10,13)14)16-5(3)18-17-2/h1H3,(H,15,16,17,18). The van der Waals surface area contributed by atoms with Gasteiger partial charge in [-0.05, 0) is 30.1 Å². The molecule has 1 N–H and O–H groups in total. The van der Waals surface area contributed by atoms with E-state index >= 15 is 0 Å². The van der Waals surface area contributed by atoms with Gasteiger partial charge in [-0.25, -0.2) is 9.97 Å². The second-order valence-electron chi connectivity index (χ2n) is 3.44. The summed E-state index contributed by atoms with van der Waals surface area (Å²) in [6.45, 7) is 1.41. The van der Waals surface area contributed by atoms with Crippen molar-refractivity contribution < 1.29 is 17.6 Å². The maximum Gasteiger partial charge on any atom is 0.381 e. The van der Waals surface area contributed by atoms with Gasteiger partial charge in [-0.1, -0.05) is 0 Å². The van der Waals surface area contributed by atoms with Gasteiger partial charge in [0, 0.05) is 5.69 Å². The van der Waals surface area contributed by atoms with Gasteiger partial charge < -0.3 is 0 Å². The third kappa shape index (κ3) is 2.22. The van der Waals surface area contributed by atoms with Gasteiger partial charge in [0.1, 0.15) is 5.69 Å². The Bertz CT molecular complexity index is 601. The third-order valence-corrected chi connectivity index (χ3v) is 2.46. The lowest BCUT2D eigenvalue weighted by atomic mass is 10.2.